The van der Waals surface area contributed by atoms with Crippen LogP contribution in [0, 0.1) is 5.82 Å². The molecule has 0 fully saturated rings. The maximum absolute atomic E-state index is 13.0. The summed E-state index contributed by atoms with van der Waals surface area (Å²) >= 11 is 5.57. The van der Waals surface area contributed by atoms with E-state index in [2.05, 4.69) is 4.72 Å². The lowest BCUT2D eigenvalue weighted by atomic mass is 9.95. The molecule has 0 spiro atoms. The second kappa shape index (κ2) is 6.17. The molecule has 7 heteroatoms. The molecule has 0 bridgehead atoms. The standard InChI is InChI=1S/C12H18ClFN2O2S/c1-3-12(15,4-2)8-16-19(17,18)9-5-6-11(14)10(13)7-9/h5-7,16H,3-4,8,15H2,1-2H3. The molecule has 1 rings (SSSR count). The van der Waals surface area contributed by atoms with Crippen molar-refractivity contribution in [3.8, 4) is 0 Å². The fourth-order valence-electron chi connectivity index (χ4n) is 1.47. The molecule has 0 amide bonds. The molecule has 0 radical (unpaired) electrons. The quantitative estimate of drug-likeness (QED) is 0.847. The first-order valence-electron chi connectivity index (χ1n) is 5.97. The van der Waals surface area contributed by atoms with Gasteiger partial charge in [-0.2, -0.15) is 0 Å². The molecule has 19 heavy (non-hydrogen) atoms. The Morgan fingerprint density at radius 1 is 1.37 bits per heavy atom. The lowest BCUT2D eigenvalue weighted by Gasteiger charge is -2.26. The Morgan fingerprint density at radius 3 is 2.42 bits per heavy atom. The highest BCUT2D eigenvalue weighted by atomic mass is 35.5. The van der Waals surface area contributed by atoms with Crippen molar-refractivity contribution in [3.63, 3.8) is 0 Å². The van der Waals surface area contributed by atoms with Crippen LogP contribution in [-0.2, 0) is 10.0 Å². The molecule has 0 unspecified atom stereocenters. The molecule has 0 aliphatic rings. The van der Waals surface area contributed by atoms with E-state index in [1.807, 2.05) is 13.8 Å². The molecule has 1 aromatic carbocycles. The number of nitrogens with two attached hydrogens (primary N) is 1. The van der Waals surface area contributed by atoms with Gasteiger partial charge in [0.1, 0.15) is 5.82 Å². The molecule has 0 saturated heterocycles. The minimum atomic E-state index is -3.73. The summed E-state index contributed by atoms with van der Waals surface area (Å²) in [7, 11) is -3.73. The highest BCUT2D eigenvalue weighted by molar-refractivity contribution is 7.89. The Labute approximate surface area is 118 Å². The average molecular weight is 309 g/mol. The Kier molecular flexibility index (Phi) is 5.32. The smallest absolute Gasteiger partial charge is 0.240 e. The molecule has 108 valence electrons. The summed E-state index contributed by atoms with van der Waals surface area (Å²) in [5.41, 5.74) is 5.44. The van der Waals surface area contributed by atoms with Gasteiger partial charge in [-0.1, -0.05) is 25.4 Å². The van der Waals surface area contributed by atoms with E-state index in [0.29, 0.717) is 12.8 Å². The summed E-state index contributed by atoms with van der Waals surface area (Å²) in [6.45, 7) is 3.91. The van der Waals surface area contributed by atoms with E-state index in [-0.39, 0.29) is 16.5 Å². The fraction of sp³-hybridized carbons (Fsp3) is 0.500. The number of halogens is 2. The molecule has 0 aliphatic heterocycles. The van der Waals surface area contributed by atoms with E-state index in [0.717, 1.165) is 12.1 Å². The predicted molar refractivity (Wildman–Crippen MR) is 74.1 cm³/mol. The van der Waals surface area contributed by atoms with Gasteiger partial charge < -0.3 is 5.73 Å². The lowest BCUT2D eigenvalue weighted by Crippen LogP contribution is -2.49. The zero-order chi connectivity index (χ0) is 14.7. The maximum atomic E-state index is 13.0. The zero-order valence-corrected chi connectivity index (χ0v) is 12.5. The largest absolute Gasteiger partial charge is 0.324 e. The van der Waals surface area contributed by atoms with E-state index >= 15 is 0 Å². The third kappa shape index (κ3) is 4.14. The molecule has 0 aromatic heterocycles. The Balaban J connectivity index is 2.90. The van der Waals surface area contributed by atoms with Crippen molar-refractivity contribution in [1.82, 2.24) is 4.72 Å². The lowest BCUT2D eigenvalue weighted by molar-refractivity contribution is 0.392. The minimum absolute atomic E-state index is 0.0755. The van der Waals surface area contributed by atoms with Crippen molar-refractivity contribution < 1.29 is 12.8 Å². The number of nitrogens with one attached hydrogen (secondary N) is 1. The minimum Gasteiger partial charge on any atom is -0.324 e. The van der Waals surface area contributed by atoms with Gasteiger partial charge >= 0.3 is 0 Å². The van der Waals surface area contributed by atoms with Gasteiger partial charge in [-0.05, 0) is 31.0 Å². The normalized spacial score (nSPS) is 12.7. The van der Waals surface area contributed by atoms with Crippen LogP contribution in [0.3, 0.4) is 0 Å². The molecular weight excluding hydrogens is 291 g/mol. The topological polar surface area (TPSA) is 72.2 Å². The van der Waals surface area contributed by atoms with Gasteiger partial charge in [0, 0.05) is 12.1 Å². The van der Waals surface area contributed by atoms with Crippen molar-refractivity contribution in [1.29, 1.82) is 0 Å². The first-order chi connectivity index (χ1) is 8.74. The van der Waals surface area contributed by atoms with Crippen LogP contribution in [0.4, 0.5) is 4.39 Å². The Morgan fingerprint density at radius 2 is 1.95 bits per heavy atom. The van der Waals surface area contributed by atoms with Gasteiger partial charge in [-0.25, -0.2) is 17.5 Å². The van der Waals surface area contributed by atoms with E-state index in [9.17, 15) is 12.8 Å². The van der Waals surface area contributed by atoms with E-state index < -0.39 is 21.4 Å². The summed E-state index contributed by atoms with van der Waals surface area (Å²) in [4.78, 5) is -0.0755. The summed E-state index contributed by atoms with van der Waals surface area (Å²) in [5, 5.41) is -0.229. The molecule has 0 heterocycles. The van der Waals surface area contributed by atoms with Crippen LogP contribution in [0.5, 0.6) is 0 Å². The summed E-state index contributed by atoms with van der Waals surface area (Å²) in [6, 6.07) is 3.27. The van der Waals surface area contributed by atoms with E-state index in [4.69, 9.17) is 17.3 Å². The van der Waals surface area contributed by atoms with Gasteiger partial charge in [0.2, 0.25) is 10.0 Å². The third-order valence-electron chi connectivity index (χ3n) is 3.22. The van der Waals surface area contributed by atoms with Crippen LogP contribution in [0.15, 0.2) is 23.1 Å². The molecule has 0 saturated carbocycles. The molecule has 0 aliphatic carbocycles. The van der Waals surface area contributed by atoms with Crippen LogP contribution in [-0.4, -0.2) is 20.5 Å². The van der Waals surface area contributed by atoms with Crippen molar-refractivity contribution in [2.24, 2.45) is 5.73 Å². The molecule has 1 aromatic rings. The van der Waals surface area contributed by atoms with Gasteiger partial charge in [0.05, 0.1) is 9.92 Å². The van der Waals surface area contributed by atoms with Crippen molar-refractivity contribution in [3.05, 3.63) is 29.0 Å². The third-order valence-corrected chi connectivity index (χ3v) is 4.91. The van der Waals surface area contributed by atoms with Crippen molar-refractivity contribution in [2.75, 3.05) is 6.54 Å². The molecule has 0 atom stereocenters. The number of sulfonamides is 1. The second-order valence-electron chi connectivity index (χ2n) is 4.47. The SMILES string of the molecule is CCC(N)(CC)CNS(=O)(=O)c1ccc(F)c(Cl)c1. The van der Waals surface area contributed by atoms with Crippen LogP contribution in [0.2, 0.25) is 5.02 Å². The van der Waals surface area contributed by atoms with Crippen molar-refractivity contribution >= 4 is 21.6 Å². The molecule has 3 N–H and O–H groups in total. The van der Waals surface area contributed by atoms with Crippen LogP contribution in [0.1, 0.15) is 26.7 Å². The Bertz CT molecular complexity index is 545. The average Bonchev–Trinajstić information content (AvgIpc) is 2.39. The summed E-state index contributed by atoms with van der Waals surface area (Å²) in [5.74, 6) is -0.657. The highest BCUT2D eigenvalue weighted by Gasteiger charge is 2.24. The van der Waals surface area contributed by atoms with Crippen LogP contribution in [0.25, 0.3) is 0 Å². The number of rotatable bonds is 6. The molecule has 4 nitrogen and oxygen atoms in total. The summed E-state index contributed by atoms with van der Waals surface area (Å²) in [6.07, 6.45) is 1.30. The first-order valence-corrected chi connectivity index (χ1v) is 7.84. The predicted octanol–water partition coefficient (Wildman–Crippen LogP) is 2.27. The Hall–Kier alpha value is -0.690. The van der Waals surface area contributed by atoms with Gasteiger partial charge in [0.25, 0.3) is 0 Å². The van der Waals surface area contributed by atoms with Gasteiger partial charge in [-0.3, -0.25) is 0 Å². The summed E-state index contributed by atoms with van der Waals surface area (Å²) < 4.78 is 39.5. The number of hydrogen-bond donors (Lipinski definition) is 2. The first kappa shape index (κ1) is 16.4. The van der Waals surface area contributed by atoms with E-state index in [1.54, 1.807) is 0 Å². The fourth-order valence-corrected chi connectivity index (χ4v) is 2.88. The highest BCUT2D eigenvalue weighted by Crippen LogP contribution is 2.20. The van der Waals surface area contributed by atoms with Gasteiger partial charge in [0.15, 0.2) is 0 Å². The molecular formula is C12H18ClFN2O2S. The number of benzene rings is 1. The van der Waals surface area contributed by atoms with Crippen LogP contribution >= 0.6 is 11.6 Å². The monoisotopic (exact) mass is 308 g/mol. The second-order valence-corrected chi connectivity index (χ2v) is 6.64. The zero-order valence-electron chi connectivity index (χ0n) is 10.9. The van der Waals surface area contributed by atoms with Crippen molar-refractivity contribution in [2.45, 2.75) is 37.1 Å². The van der Waals surface area contributed by atoms with E-state index in [1.165, 1.54) is 6.07 Å². The number of hydrogen-bond acceptors (Lipinski definition) is 3. The maximum Gasteiger partial charge on any atom is 0.240 e. The van der Waals surface area contributed by atoms with Crippen LogP contribution < -0.4 is 10.5 Å². The van der Waals surface area contributed by atoms with Gasteiger partial charge in [-0.15, -0.1) is 0 Å².